The Morgan fingerprint density at radius 3 is 2.37 bits per heavy atom. The van der Waals surface area contributed by atoms with E-state index in [4.69, 9.17) is 4.74 Å². The minimum atomic E-state index is -4.52. The van der Waals surface area contributed by atoms with E-state index in [0.717, 1.165) is 18.2 Å². The van der Waals surface area contributed by atoms with Gasteiger partial charge in [0.2, 0.25) is 5.91 Å². The molecule has 0 saturated heterocycles. The second kappa shape index (κ2) is 10.1. The fourth-order valence-corrected chi connectivity index (χ4v) is 2.17. The largest absolute Gasteiger partial charge is 0.484 e. The smallest absolute Gasteiger partial charge is 0.416 e. The third kappa shape index (κ3) is 7.66. The Hall–Kier alpha value is -3.82. The molecule has 0 radical (unpaired) electrons. The summed E-state index contributed by atoms with van der Waals surface area (Å²) in [6, 6.07) is 10.8. The summed E-state index contributed by atoms with van der Waals surface area (Å²) in [5, 5.41) is 2.61. The molecule has 3 amide bonds. The number of rotatable bonds is 6. The molecule has 0 aromatic heterocycles. The lowest BCUT2D eigenvalue weighted by Crippen LogP contribution is -2.43. The van der Waals surface area contributed by atoms with E-state index in [2.05, 4.69) is 16.2 Å². The summed E-state index contributed by atoms with van der Waals surface area (Å²) < 4.78 is 42.9. The van der Waals surface area contributed by atoms with Gasteiger partial charge in [0, 0.05) is 18.7 Å². The molecule has 0 aliphatic rings. The average molecular weight is 421 g/mol. The van der Waals surface area contributed by atoms with Crippen molar-refractivity contribution in [2.45, 2.75) is 13.1 Å². The van der Waals surface area contributed by atoms with Gasteiger partial charge in [-0.05, 0) is 42.0 Å². The Morgan fingerprint density at radius 2 is 1.73 bits per heavy atom. The molecular weight excluding hydrogens is 403 g/mol. The number of alkyl halides is 3. The average Bonchev–Trinajstić information content (AvgIpc) is 2.69. The zero-order chi connectivity index (χ0) is 22.1. The summed E-state index contributed by atoms with van der Waals surface area (Å²) in [4.78, 5) is 34.4. The molecule has 0 aliphatic heterocycles. The third-order valence-electron chi connectivity index (χ3n) is 3.51. The Balaban J connectivity index is 1.77. The zero-order valence-electron chi connectivity index (χ0n) is 15.7. The Labute approximate surface area is 169 Å². The first-order valence-electron chi connectivity index (χ1n) is 8.58. The van der Waals surface area contributed by atoms with Crippen molar-refractivity contribution in [2.75, 3.05) is 11.9 Å². The van der Waals surface area contributed by atoms with E-state index >= 15 is 0 Å². The SMILES string of the molecule is CC(=O)Nc1ccc(/C=C/C(=O)NNC(=O)COc2cccc(C(F)(F)F)c2)cc1. The number of hydrogen-bond donors (Lipinski definition) is 3. The highest BCUT2D eigenvalue weighted by Gasteiger charge is 2.30. The van der Waals surface area contributed by atoms with E-state index in [1.165, 1.54) is 25.1 Å². The predicted octanol–water partition coefficient (Wildman–Crippen LogP) is 2.90. The monoisotopic (exact) mass is 421 g/mol. The third-order valence-corrected chi connectivity index (χ3v) is 3.51. The topological polar surface area (TPSA) is 96.5 Å². The van der Waals surface area contributed by atoms with Gasteiger partial charge in [0.15, 0.2) is 6.61 Å². The Bertz CT molecular complexity index is 941. The van der Waals surface area contributed by atoms with E-state index < -0.39 is 30.2 Å². The van der Waals surface area contributed by atoms with Crippen LogP contribution >= 0.6 is 0 Å². The van der Waals surface area contributed by atoms with Crippen LogP contribution in [-0.4, -0.2) is 24.3 Å². The minimum Gasteiger partial charge on any atom is -0.484 e. The molecule has 0 atom stereocenters. The lowest BCUT2D eigenvalue weighted by molar-refractivity contribution is -0.137. The molecule has 2 aromatic rings. The van der Waals surface area contributed by atoms with Gasteiger partial charge in [-0.15, -0.1) is 0 Å². The lowest BCUT2D eigenvalue weighted by atomic mass is 10.2. The van der Waals surface area contributed by atoms with Gasteiger partial charge in [-0.3, -0.25) is 25.2 Å². The van der Waals surface area contributed by atoms with Gasteiger partial charge in [-0.1, -0.05) is 18.2 Å². The van der Waals surface area contributed by atoms with Crippen molar-refractivity contribution in [2.24, 2.45) is 0 Å². The number of ether oxygens (including phenoxy) is 1. The van der Waals surface area contributed by atoms with Crippen LogP contribution in [0.1, 0.15) is 18.1 Å². The summed E-state index contributed by atoms with van der Waals surface area (Å²) in [6.45, 7) is 0.799. The number of anilines is 1. The first-order valence-corrected chi connectivity index (χ1v) is 8.58. The quantitative estimate of drug-likeness (QED) is 0.494. The first kappa shape index (κ1) is 22.5. The molecule has 158 valence electrons. The van der Waals surface area contributed by atoms with Crippen molar-refractivity contribution in [3.63, 3.8) is 0 Å². The van der Waals surface area contributed by atoms with Gasteiger partial charge in [-0.2, -0.15) is 13.2 Å². The second-order valence-electron chi connectivity index (χ2n) is 5.99. The van der Waals surface area contributed by atoms with Crippen molar-refractivity contribution in [1.29, 1.82) is 0 Å². The molecule has 2 aromatic carbocycles. The van der Waals surface area contributed by atoms with Crippen LogP contribution < -0.4 is 20.9 Å². The molecule has 0 bridgehead atoms. The van der Waals surface area contributed by atoms with Gasteiger partial charge in [0.1, 0.15) is 5.75 Å². The fraction of sp³-hybridized carbons (Fsp3) is 0.150. The molecule has 0 spiro atoms. The van der Waals surface area contributed by atoms with Gasteiger partial charge in [0.25, 0.3) is 11.8 Å². The molecule has 3 N–H and O–H groups in total. The van der Waals surface area contributed by atoms with Crippen molar-refractivity contribution in [3.05, 3.63) is 65.7 Å². The number of carbonyl (C=O) groups is 3. The van der Waals surface area contributed by atoms with Crippen LogP contribution in [0.5, 0.6) is 5.75 Å². The number of halogens is 3. The van der Waals surface area contributed by atoms with Crippen molar-refractivity contribution >= 4 is 29.5 Å². The van der Waals surface area contributed by atoms with Gasteiger partial charge >= 0.3 is 6.18 Å². The molecule has 0 fully saturated rings. The maximum atomic E-state index is 12.6. The van der Waals surface area contributed by atoms with Crippen molar-refractivity contribution in [3.8, 4) is 5.75 Å². The van der Waals surface area contributed by atoms with E-state index in [-0.39, 0.29) is 11.7 Å². The molecule has 0 heterocycles. The van der Waals surface area contributed by atoms with Crippen LogP contribution in [0, 0.1) is 0 Å². The second-order valence-corrected chi connectivity index (χ2v) is 5.99. The Morgan fingerprint density at radius 1 is 1.03 bits per heavy atom. The van der Waals surface area contributed by atoms with Crippen LogP contribution in [0.3, 0.4) is 0 Å². The highest BCUT2D eigenvalue weighted by Crippen LogP contribution is 2.31. The van der Waals surface area contributed by atoms with Crippen LogP contribution in [-0.2, 0) is 20.6 Å². The van der Waals surface area contributed by atoms with Crippen molar-refractivity contribution in [1.82, 2.24) is 10.9 Å². The van der Waals surface area contributed by atoms with E-state index in [1.807, 2.05) is 0 Å². The number of nitrogens with one attached hydrogen (secondary N) is 3. The standard InChI is InChI=1S/C20H18F3N3O4/c1-13(27)24-16-8-5-14(6-9-16)7-10-18(28)25-26-19(29)12-30-17-4-2-3-15(11-17)20(21,22)23/h2-11H,12H2,1H3,(H,24,27)(H,25,28)(H,26,29)/b10-7+. The summed E-state index contributed by atoms with van der Waals surface area (Å²) in [5.74, 6) is -1.72. The molecule has 30 heavy (non-hydrogen) atoms. The van der Waals surface area contributed by atoms with Crippen LogP contribution in [0.15, 0.2) is 54.6 Å². The van der Waals surface area contributed by atoms with Gasteiger partial charge in [-0.25, -0.2) is 0 Å². The zero-order valence-corrected chi connectivity index (χ0v) is 15.7. The Kier molecular flexibility index (Phi) is 7.56. The summed E-state index contributed by atoms with van der Waals surface area (Å²) in [7, 11) is 0. The summed E-state index contributed by atoms with van der Waals surface area (Å²) in [5.41, 5.74) is 4.59. The maximum Gasteiger partial charge on any atom is 0.416 e. The first-order chi connectivity index (χ1) is 14.1. The molecular formula is C20H18F3N3O4. The normalized spacial score (nSPS) is 11.1. The molecule has 0 saturated carbocycles. The van der Waals surface area contributed by atoms with Crippen LogP contribution in [0.4, 0.5) is 18.9 Å². The van der Waals surface area contributed by atoms with E-state index in [1.54, 1.807) is 24.3 Å². The number of hydrogen-bond acceptors (Lipinski definition) is 4. The number of carbonyl (C=O) groups excluding carboxylic acids is 3. The van der Waals surface area contributed by atoms with Gasteiger partial charge in [0.05, 0.1) is 5.56 Å². The minimum absolute atomic E-state index is 0.131. The van der Waals surface area contributed by atoms with E-state index in [9.17, 15) is 27.6 Å². The highest BCUT2D eigenvalue weighted by atomic mass is 19.4. The van der Waals surface area contributed by atoms with Gasteiger partial charge < -0.3 is 10.1 Å². The fourth-order valence-electron chi connectivity index (χ4n) is 2.17. The van der Waals surface area contributed by atoms with Crippen molar-refractivity contribution < 1.29 is 32.3 Å². The maximum absolute atomic E-state index is 12.6. The number of amides is 3. The highest BCUT2D eigenvalue weighted by molar-refractivity contribution is 5.93. The molecule has 0 unspecified atom stereocenters. The number of benzene rings is 2. The summed E-state index contributed by atoms with van der Waals surface area (Å²) >= 11 is 0. The molecule has 7 nitrogen and oxygen atoms in total. The lowest BCUT2D eigenvalue weighted by Gasteiger charge is -2.10. The molecule has 0 aliphatic carbocycles. The molecule has 2 rings (SSSR count). The van der Waals surface area contributed by atoms with Crippen LogP contribution in [0.25, 0.3) is 6.08 Å². The number of hydrazine groups is 1. The molecule has 10 heteroatoms. The predicted molar refractivity (Wildman–Crippen MR) is 103 cm³/mol. The van der Waals surface area contributed by atoms with E-state index in [0.29, 0.717) is 11.3 Å². The van der Waals surface area contributed by atoms with Crippen LogP contribution in [0.2, 0.25) is 0 Å². The summed E-state index contributed by atoms with van der Waals surface area (Å²) in [6.07, 6.45) is -1.87.